The van der Waals surface area contributed by atoms with Crippen LogP contribution in [0.25, 0.3) is 0 Å². The smallest absolute Gasteiger partial charge is 0.319 e. The van der Waals surface area contributed by atoms with Gasteiger partial charge in [0, 0.05) is 6.07 Å². The third-order valence-corrected chi connectivity index (χ3v) is 3.31. The third-order valence-electron chi connectivity index (χ3n) is 3.31. The Kier molecular flexibility index (Phi) is 5.83. The van der Waals surface area contributed by atoms with Gasteiger partial charge in [-0.25, -0.2) is 13.6 Å². The van der Waals surface area contributed by atoms with Crippen molar-refractivity contribution in [3.05, 3.63) is 42.0 Å². The Morgan fingerprint density at radius 2 is 2.00 bits per heavy atom. The average Bonchev–Trinajstić information content (AvgIpc) is 2.51. The highest BCUT2D eigenvalue weighted by atomic mass is 19.1. The number of ether oxygens (including phenoxy) is 1. The number of carbonyl (C=O) groups excluding carboxylic acids is 1. The number of urea groups is 1. The highest BCUT2D eigenvalue weighted by Crippen LogP contribution is 2.17. The minimum atomic E-state index is -1.06. The molecule has 0 saturated carbocycles. The van der Waals surface area contributed by atoms with Crippen LogP contribution in [0.1, 0.15) is 6.42 Å². The Labute approximate surface area is 135 Å². The zero-order chi connectivity index (χ0) is 17.7. The van der Waals surface area contributed by atoms with Crippen LogP contribution in [0, 0.1) is 11.6 Å². The summed E-state index contributed by atoms with van der Waals surface area (Å²) in [7, 11) is 0. The van der Waals surface area contributed by atoms with Crippen molar-refractivity contribution in [1.82, 2.24) is 5.32 Å². The Bertz CT molecular complexity index is 653. The molecule has 4 N–H and O–H groups in total. The molecule has 1 aliphatic heterocycles. The van der Waals surface area contributed by atoms with Gasteiger partial charge in [-0.1, -0.05) is 12.2 Å². The van der Waals surface area contributed by atoms with E-state index in [-0.39, 0.29) is 12.1 Å². The summed E-state index contributed by atoms with van der Waals surface area (Å²) in [6, 6.07) is 1.04. The van der Waals surface area contributed by atoms with E-state index in [1.165, 1.54) is 12.2 Å². The summed E-state index contributed by atoms with van der Waals surface area (Å²) in [5.41, 5.74) is -0.336. The first-order valence-corrected chi connectivity index (χ1v) is 7.08. The molecule has 0 saturated heterocycles. The van der Waals surface area contributed by atoms with Crippen molar-refractivity contribution in [2.75, 3.05) is 11.9 Å². The number of aliphatic hydroxyl groups is 1. The fraction of sp³-hybridized carbons (Fsp3) is 0.333. The second-order valence-corrected chi connectivity index (χ2v) is 5.13. The van der Waals surface area contributed by atoms with Crippen LogP contribution in [-0.2, 0) is 9.53 Å². The van der Waals surface area contributed by atoms with Gasteiger partial charge in [0.15, 0.2) is 0 Å². The number of hydrogen-bond donors (Lipinski definition) is 4. The van der Waals surface area contributed by atoms with Crippen LogP contribution in [0.3, 0.4) is 0 Å². The van der Waals surface area contributed by atoms with Crippen LogP contribution in [0.2, 0.25) is 0 Å². The molecule has 7 nitrogen and oxygen atoms in total. The predicted octanol–water partition coefficient (Wildman–Crippen LogP) is 1.25. The molecule has 0 aliphatic carbocycles. The summed E-state index contributed by atoms with van der Waals surface area (Å²) in [6.45, 7) is -0.459. The van der Waals surface area contributed by atoms with Crippen molar-refractivity contribution >= 4 is 17.7 Å². The summed E-state index contributed by atoms with van der Waals surface area (Å²) in [5, 5.41) is 22.6. The molecule has 2 amide bonds. The molecular formula is C15H16F2N2O5. The van der Waals surface area contributed by atoms with Gasteiger partial charge in [-0.15, -0.1) is 0 Å². The van der Waals surface area contributed by atoms with Gasteiger partial charge in [0.25, 0.3) is 0 Å². The number of carboxylic acid groups (broad SMARTS) is 1. The zero-order valence-electron chi connectivity index (χ0n) is 12.4. The number of carboxylic acids is 1. The lowest BCUT2D eigenvalue weighted by Gasteiger charge is -2.31. The first-order chi connectivity index (χ1) is 11.4. The molecule has 0 radical (unpaired) electrons. The van der Waals surface area contributed by atoms with Crippen molar-refractivity contribution in [2.24, 2.45) is 0 Å². The number of rotatable bonds is 5. The summed E-state index contributed by atoms with van der Waals surface area (Å²) >= 11 is 0. The van der Waals surface area contributed by atoms with Crippen molar-refractivity contribution < 1.29 is 33.3 Å². The Balaban J connectivity index is 2.00. The second kappa shape index (κ2) is 7.84. The van der Waals surface area contributed by atoms with Gasteiger partial charge in [0.1, 0.15) is 17.7 Å². The molecule has 2 rings (SSSR count). The molecule has 3 atom stereocenters. The third kappa shape index (κ3) is 4.74. The molecule has 0 aromatic heterocycles. The van der Waals surface area contributed by atoms with E-state index in [2.05, 4.69) is 10.6 Å². The molecule has 9 heteroatoms. The van der Waals surface area contributed by atoms with Crippen LogP contribution < -0.4 is 10.6 Å². The summed E-state index contributed by atoms with van der Waals surface area (Å²) < 4.78 is 31.9. The van der Waals surface area contributed by atoms with Crippen LogP contribution in [0.4, 0.5) is 19.3 Å². The molecule has 130 valence electrons. The Hall–Kier alpha value is -2.52. The molecule has 0 spiro atoms. The standard InChI is InChI=1S/C15H16F2N2O5/c16-8-1-3-10(17)12(5-8)19-15(23)18-11-4-2-9(6-14(21)22)24-13(11)7-20/h1-5,9,11,13,20H,6-7H2,(H,21,22)(H2,18,19,23)/t9-,11-,13-/m1/s1. The summed E-state index contributed by atoms with van der Waals surface area (Å²) in [5.74, 6) is -2.58. The summed E-state index contributed by atoms with van der Waals surface area (Å²) in [6.07, 6.45) is 1.08. The highest BCUT2D eigenvalue weighted by molar-refractivity contribution is 5.89. The van der Waals surface area contributed by atoms with E-state index in [0.717, 1.165) is 18.2 Å². The van der Waals surface area contributed by atoms with Gasteiger partial charge >= 0.3 is 12.0 Å². The number of aliphatic hydroxyl groups excluding tert-OH is 1. The van der Waals surface area contributed by atoms with Crippen molar-refractivity contribution in [2.45, 2.75) is 24.7 Å². The van der Waals surface area contributed by atoms with E-state index in [9.17, 15) is 23.5 Å². The molecule has 1 heterocycles. The second-order valence-electron chi connectivity index (χ2n) is 5.13. The lowest BCUT2D eigenvalue weighted by molar-refractivity contribution is -0.141. The highest BCUT2D eigenvalue weighted by Gasteiger charge is 2.29. The topological polar surface area (TPSA) is 108 Å². The Morgan fingerprint density at radius 1 is 1.25 bits per heavy atom. The first-order valence-electron chi connectivity index (χ1n) is 7.08. The number of aliphatic carboxylic acids is 1. The van der Waals surface area contributed by atoms with E-state index >= 15 is 0 Å². The van der Waals surface area contributed by atoms with Crippen molar-refractivity contribution in [3.63, 3.8) is 0 Å². The molecule has 1 aromatic rings. The molecule has 0 unspecified atom stereocenters. The molecular weight excluding hydrogens is 326 g/mol. The van der Waals surface area contributed by atoms with E-state index in [0.29, 0.717) is 0 Å². The van der Waals surface area contributed by atoms with Crippen molar-refractivity contribution in [1.29, 1.82) is 0 Å². The maximum absolute atomic E-state index is 13.5. The van der Waals surface area contributed by atoms with Gasteiger partial charge in [-0.2, -0.15) is 0 Å². The lowest BCUT2D eigenvalue weighted by atomic mass is 10.1. The van der Waals surface area contributed by atoms with E-state index < -0.39 is 48.5 Å². The first kappa shape index (κ1) is 17.8. The number of carbonyl (C=O) groups is 2. The normalized spacial score (nSPS) is 22.9. The number of nitrogens with one attached hydrogen (secondary N) is 2. The van der Waals surface area contributed by atoms with Gasteiger partial charge < -0.3 is 25.6 Å². The number of benzene rings is 1. The van der Waals surface area contributed by atoms with E-state index in [1.807, 2.05) is 0 Å². The molecule has 1 aliphatic rings. The maximum Gasteiger partial charge on any atom is 0.319 e. The maximum atomic E-state index is 13.5. The predicted molar refractivity (Wildman–Crippen MR) is 79.4 cm³/mol. The zero-order valence-corrected chi connectivity index (χ0v) is 12.4. The largest absolute Gasteiger partial charge is 0.481 e. The lowest BCUT2D eigenvalue weighted by Crippen LogP contribution is -2.50. The minimum absolute atomic E-state index is 0.277. The Morgan fingerprint density at radius 3 is 2.67 bits per heavy atom. The average molecular weight is 342 g/mol. The van der Waals surface area contributed by atoms with Crippen LogP contribution in [0.5, 0.6) is 0 Å². The fourth-order valence-corrected chi connectivity index (χ4v) is 2.21. The quantitative estimate of drug-likeness (QED) is 0.602. The SMILES string of the molecule is O=C(O)C[C@H]1C=C[C@@H](NC(=O)Nc2cc(F)ccc2F)[C@@H](CO)O1. The van der Waals surface area contributed by atoms with Gasteiger partial charge in [-0.05, 0) is 12.1 Å². The van der Waals surface area contributed by atoms with Gasteiger partial charge in [0.2, 0.25) is 0 Å². The van der Waals surface area contributed by atoms with Gasteiger partial charge in [-0.3, -0.25) is 4.79 Å². The van der Waals surface area contributed by atoms with Crippen LogP contribution >= 0.6 is 0 Å². The monoisotopic (exact) mass is 342 g/mol. The number of halogens is 2. The van der Waals surface area contributed by atoms with Crippen LogP contribution in [-0.4, -0.2) is 47.1 Å². The van der Waals surface area contributed by atoms with Crippen molar-refractivity contribution in [3.8, 4) is 0 Å². The molecule has 1 aromatic carbocycles. The van der Waals surface area contributed by atoms with Gasteiger partial charge in [0.05, 0.1) is 30.9 Å². The fourth-order valence-electron chi connectivity index (χ4n) is 2.21. The molecule has 0 bridgehead atoms. The van der Waals surface area contributed by atoms with E-state index in [4.69, 9.17) is 9.84 Å². The molecule has 24 heavy (non-hydrogen) atoms. The number of amides is 2. The number of anilines is 1. The molecule has 0 fully saturated rings. The minimum Gasteiger partial charge on any atom is -0.481 e. The summed E-state index contributed by atoms with van der Waals surface area (Å²) in [4.78, 5) is 22.6. The van der Waals surface area contributed by atoms with E-state index in [1.54, 1.807) is 0 Å². The number of hydrogen-bond acceptors (Lipinski definition) is 4. The van der Waals surface area contributed by atoms with Crippen LogP contribution in [0.15, 0.2) is 30.4 Å².